The number of rotatable bonds is 17. The minimum atomic E-state index is 0.646. The van der Waals surface area contributed by atoms with Crippen molar-refractivity contribution in [2.45, 2.75) is 123 Å². The van der Waals surface area contributed by atoms with Crippen LogP contribution in [0.4, 0.5) is 0 Å². The van der Waals surface area contributed by atoms with Gasteiger partial charge in [-0.1, -0.05) is 91.4 Å². The largest absolute Gasteiger partial charge is 0.356 e. The van der Waals surface area contributed by atoms with Crippen LogP contribution in [0.25, 0.3) is 0 Å². The lowest BCUT2D eigenvalue weighted by atomic mass is 10.0. The summed E-state index contributed by atoms with van der Waals surface area (Å²) in [5.41, 5.74) is 0. The Bertz CT molecular complexity index is 295. The standard InChI is InChI=1S/C23H46N2/c1-4-7-10-11-12-13-14-15-16-17-18-23-24(19-8-5-2)21-22-25(23)20-9-6-3/h21-23H,4-20H2,1-3H3. The molecule has 0 radical (unpaired) electrons. The highest BCUT2D eigenvalue weighted by molar-refractivity contribution is 4.96. The summed E-state index contributed by atoms with van der Waals surface area (Å²) in [7, 11) is 0. The van der Waals surface area contributed by atoms with E-state index in [1.165, 1.54) is 109 Å². The lowest BCUT2D eigenvalue weighted by Crippen LogP contribution is -2.39. The first-order valence-electron chi connectivity index (χ1n) is 11.5. The van der Waals surface area contributed by atoms with Crippen LogP contribution in [0.1, 0.15) is 117 Å². The van der Waals surface area contributed by atoms with Crippen LogP contribution in [0.15, 0.2) is 12.4 Å². The zero-order valence-corrected chi connectivity index (χ0v) is 17.6. The van der Waals surface area contributed by atoms with Gasteiger partial charge >= 0.3 is 0 Å². The molecule has 1 rings (SSSR count). The Balaban J connectivity index is 2.13. The number of hydrogen-bond acceptors (Lipinski definition) is 2. The van der Waals surface area contributed by atoms with Crippen LogP contribution in [0, 0.1) is 0 Å². The van der Waals surface area contributed by atoms with E-state index in [2.05, 4.69) is 43.0 Å². The van der Waals surface area contributed by atoms with Gasteiger partial charge in [-0.3, -0.25) is 0 Å². The Morgan fingerprint density at radius 2 is 0.920 bits per heavy atom. The molecular formula is C23H46N2. The van der Waals surface area contributed by atoms with Gasteiger partial charge in [-0.15, -0.1) is 0 Å². The number of nitrogens with zero attached hydrogens (tertiary/aromatic N) is 2. The Labute approximate surface area is 159 Å². The third-order valence-electron chi connectivity index (χ3n) is 5.57. The molecule has 2 nitrogen and oxygen atoms in total. The highest BCUT2D eigenvalue weighted by Gasteiger charge is 2.24. The van der Waals surface area contributed by atoms with E-state index in [1.807, 2.05) is 0 Å². The van der Waals surface area contributed by atoms with Crippen LogP contribution >= 0.6 is 0 Å². The summed E-state index contributed by atoms with van der Waals surface area (Å²) >= 11 is 0. The van der Waals surface area contributed by atoms with Crippen molar-refractivity contribution >= 4 is 0 Å². The fourth-order valence-electron chi connectivity index (χ4n) is 3.83. The van der Waals surface area contributed by atoms with Crippen molar-refractivity contribution < 1.29 is 0 Å². The van der Waals surface area contributed by atoms with Crippen LogP contribution in [0.2, 0.25) is 0 Å². The van der Waals surface area contributed by atoms with Gasteiger partial charge in [-0.05, 0) is 25.7 Å². The smallest absolute Gasteiger partial charge is 0.101 e. The molecule has 0 spiro atoms. The molecule has 25 heavy (non-hydrogen) atoms. The van der Waals surface area contributed by atoms with Gasteiger partial charge in [-0.25, -0.2) is 0 Å². The Morgan fingerprint density at radius 3 is 1.36 bits per heavy atom. The molecule has 0 aromatic heterocycles. The predicted octanol–water partition coefficient (Wildman–Crippen LogP) is 7.31. The van der Waals surface area contributed by atoms with Crippen LogP contribution in [-0.4, -0.2) is 29.1 Å². The fraction of sp³-hybridized carbons (Fsp3) is 0.913. The molecule has 0 aromatic rings. The average Bonchev–Trinajstić information content (AvgIpc) is 3.01. The summed E-state index contributed by atoms with van der Waals surface area (Å²) < 4.78 is 0. The molecule has 2 heteroatoms. The fourth-order valence-corrected chi connectivity index (χ4v) is 3.83. The lowest BCUT2D eigenvalue weighted by molar-refractivity contribution is 0.136. The van der Waals surface area contributed by atoms with Gasteiger partial charge in [0.15, 0.2) is 0 Å². The van der Waals surface area contributed by atoms with Crippen molar-refractivity contribution in [3.8, 4) is 0 Å². The summed E-state index contributed by atoms with van der Waals surface area (Å²) in [6.07, 6.45) is 26.3. The van der Waals surface area contributed by atoms with Crippen LogP contribution in [0.3, 0.4) is 0 Å². The molecule has 0 amide bonds. The van der Waals surface area contributed by atoms with Crippen molar-refractivity contribution in [3.05, 3.63) is 12.4 Å². The first-order valence-corrected chi connectivity index (χ1v) is 11.5. The Kier molecular flexibility index (Phi) is 14.0. The van der Waals surface area contributed by atoms with E-state index in [1.54, 1.807) is 0 Å². The molecular weight excluding hydrogens is 304 g/mol. The maximum absolute atomic E-state index is 2.60. The molecule has 1 aliphatic heterocycles. The third kappa shape index (κ3) is 10.2. The van der Waals surface area contributed by atoms with Gasteiger partial charge in [0.2, 0.25) is 0 Å². The van der Waals surface area contributed by atoms with Crippen LogP contribution in [0.5, 0.6) is 0 Å². The minimum absolute atomic E-state index is 0.646. The molecule has 0 saturated heterocycles. The van der Waals surface area contributed by atoms with Gasteiger partial charge in [-0.2, -0.15) is 0 Å². The van der Waals surface area contributed by atoms with E-state index in [-0.39, 0.29) is 0 Å². The molecule has 0 atom stereocenters. The van der Waals surface area contributed by atoms with Crippen molar-refractivity contribution in [1.82, 2.24) is 9.80 Å². The quantitative estimate of drug-likeness (QED) is 0.254. The van der Waals surface area contributed by atoms with Gasteiger partial charge in [0.1, 0.15) is 6.17 Å². The molecule has 0 unspecified atom stereocenters. The first-order chi connectivity index (χ1) is 12.3. The van der Waals surface area contributed by atoms with Gasteiger partial charge in [0.25, 0.3) is 0 Å². The Hall–Kier alpha value is -0.660. The van der Waals surface area contributed by atoms with E-state index >= 15 is 0 Å². The SMILES string of the molecule is CCCCCCCCCCCCC1N(CCCC)C=CN1CCCC. The number of unbranched alkanes of at least 4 members (excludes halogenated alkanes) is 11. The maximum Gasteiger partial charge on any atom is 0.101 e. The second-order valence-electron chi connectivity index (χ2n) is 7.93. The van der Waals surface area contributed by atoms with Crippen molar-refractivity contribution in [2.75, 3.05) is 13.1 Å². The van der Waals surface area contributed by atoms with E-state index in [4.69, 9.17) is 0 Å². The highest BCUT2D eigenvalue weighted by Crippen LogP contribution is 2.23. The summed E-state index contributed by atoms with van der Waals surface area (Å²) in [5.74, 6) is 0. The number of hydrogen-bond donors (Lipinski definition) is 0. The van der Waals surface area contributed by atoms with Gasteiger partial charge in [0.05, 0.1) is 0 Å². The van der Waals surface area contributed by atoms with E-state index < -0.39 is 0 Å². The molecule has 148 valence electrons. The Morgan fingerprint density at radius 1 is 0.520 bits per heavy atom. The second-order valence-corrected chi connectivity index (χ2v) is 7.93. The first kappa shape index (κ1) is 22.4. The summed E-state index contributed by atoms with van der Waals surface area (Å²) in [4.78, 5) is 5.21. The van der Waals surface area contributed by atoms with Crippen LogP contribution in [-0.2, 0) is 0 Å². The van der Waals surface area contributed by atoms with Gasteiger partial charge < -0.3 is 9.80 Å². The topological polar surface area (TPSA) is 6.48 Å². The average molecular weight is 351 g/mol. The molecule has 0 N–H and O–H groups in total. The lowest BCUT2D eigenvalue weighted by Gasteiger charge is -2.33. The van der Waals surface area contributed by atoms with Crippen molar-refractivity contribution in [1.29, 1.82) is 0 Å². The monoisotopic (exact) mass is 350 g/mol. The molecule has 0 bridgehead atoms. The summed E-state index contributed by atoms with van der Waals surface area (Å²) in [6, 6.07) is 0. The van der Waals surface area contributed by atoms with E-state index in [0.29, 0.717) is 6.17 Å². The highest BCUT2D eigenvalue weighted by atomic mass is 15.4. The van der Waals surface area contributed by atoms with Gasteiger partial charge in [0, 0.05) is 25.5 Å². The maximum atomic E-state index is 2.60. The van der Waals surface area contributed by atoms with Crippen molar-refractivity contribution in [2.24, 2.45) is 0 Å². The second kappa shape index (κ2) is 15.6. The zero-order valence-electron chi connectivity index (χ0n) is 17.6. The minimum Gasteiger partial charge on any atom is -0.356 e. The molecule has 0 aliphatic carbocycles. The normalized spacial score (nSPS) is 14.8. The summed E-state index contributed by atoms with van der Waals surface area (Å²) in [6.45, 7) is 9.36. The summed E-state index contributed by atoms with van der Waals surface area (Å²) in [5, 5.41) is 0. The molecule has 1 heterocycles. The zero-order chi connectivity index (χ0) is 18.2. The molecule has 0 aromatic carbocycles. The molecule has 1 aliphatic rings. The molecule has 0 saturated carbocycles. The third-order valence-corrected chi connectivity index (χ3v) is 5.57. The van der Waals surface area contributed by atoms with E-state index in [0.717, 1.165) is 0 Å². The molecule has 0 fully saturated rings. The predicted molar refractivity (Wildman–Crippen MR) is 113 cm³/mol. The van der Waals surface area contributed by atoms with Crippen molar-refractivity contribution in [3.63, 3.8) is 0 Å². The van der Waals surface area contributed by atoms with Crippen LogP contribution < -0.4 is 0 Å². The van der Waals surface area contributed by atoms with E-state index in [9.17, 15) is 0 Å².